The zero-order chi connectivity index (χ0) is 23.2. The average Bonchev–Trinajstić information content (AvgIpc) is 3.57. The lowest BCUT2D eigenvalue weighted by Crippen LogP contribution is -2.47. The number of carboxylic acid groups (broad SMARTS) is 1. The summed E-state index contributed by atoms with van der Waals surface area (Å²) < 4.78 is 5.60. The topological polar surface area (TPSA) is 105 Å². The molecule has 4 rings (SSSR count). The third-order valence-electron chi connectivity index (χ3n) is 6.33. The van der Waals surface area contributed by atoms with E-state index in [1.807, 2.05) is 24.3 Å². The number of alkyl carbamates (subject to hydrolysis) is 1. The van der Waals surface area contributed by atoms with Crippen LogP contribution in [0.5, 0.6) is 0 Å². The standard InChI is InChI=1S/C26H30N2O5/c29-24(30)11-5-6-14-27-25(31)23(15-17-12-13-17)28-26(32)33-16-22-20-9-3-1-7-18(20)19-8-2-4-10-21(19)22/h1-4,7-10,17,22-23H,5-6,11-16H2,(H,27,31)(H,28,32)(H,29,30). The molecule has 174 valence electrons. The largest absolute Gasteiger partial charge is 0.481 e. The van der Waals surface area contributed by atoms with Gasteiger partial charge in [0.1, 0.15) is 12.6 Å². The highest BCUT2D eigenvalue weighted by Crippen LogP contribution is 2.44. The fraction of sp³-hybridized carbons (Fsp3) is 0.423. The van der Waals surface area contributed by atoms with Crippen LogP contribution < -0.4 is 10.6 Å². The monoisotopic (exact) mass is 450 g/mol. The van der Waals surface area contributed by atoms with Crippen molar-refractivity contribution < 1.29 is 24.2 Å². The molecule has 0 aliphatic heterocycles. The van der Waals surface area contributed by atoms with E-state index >= 15 is 0 Å². The Balaban J connectivity index is 1.31. The Labute approximate surface area is 193 Å². The highest BCUT2D eigenvalue weighted by atomic mass is 16.5. The number of amides is 2. The minimum atomic E-state index is -0.843. The SMILES string of the molecule is O=C(O)CCCCNC(=O)C(CC1CC1)NC(=O)OCC1c2ccccc2-c2ccccc21. The van der Waals surface area contributed by atoms with Gasteiger partial charge in [0.2, 0.25) is 5.91 Å². The molecule has 0 heterocycles. The molecule has 0 bridgehead atoms. The van der Waals surface area contributed by atoms with Crippen LogP contribution in [0.1, 0.15) is 55.6 Å². The summed E-state index contributed by atoms with van der Waals surface area (Å²) in [5.74, 6) is -0.676. The summed E-state index contributed by atoms with van der Waals surface area (Å²) in [4.78, 5) is 35.8. The first-order valence-corrected chi connectivity index (χ1v) is 11.6. The fourth-order valence-corrected chi connectivity index (χ4v) is 4.44. The number of carboxylic acids is 1. The third kappa shape index (κ3) is 5.92. The van der Waals surface area contributed by atoms with Gasteiger partial charge in [0, 0.05) is 18.9 Å². The minimum absolute atomic E-state index is 0.0342. The van der Waals surface area contributed by atoms with Gasteiger partial charge >= 0.3 is 12.1 Å². The average molecular weight is 451 g/mol. The van der Waals surface area contributed by atoms with Crippen LogP contribution in [-0.2, 0) is 14.3 Å². The van der Waals surface area contributed by atoms with E-state index in [-0.39, 0.29) is 24.9 Å². The van der Waals surface area contributed by atoms with E-state index in [2.05, 4.69) is 34.9 Å². The van der Waals surface area contributed by atoms with Crippen molar-refractivity contribution in [1.82, 2.24) is 10.6 Å². The van der Waals surface area contributed by atoms with Crippen molar-refractivity contribution in [1.29, 1.82) is 0 Å². The first kappa shape index (κ1) is 22.8. The van der Waals surface area contributed by atoms with Crippen molar-refractivity contribution in [3.8, 4) is 11.1 Å². The normalized spacial score (nSPS) is 15.3. The maximum absolute atomic E-state index is 12.6. The number of fused-ring (bicyclic) bond motifs is 3. The smallest absolute Gasteiger partial charge is 0.407 e. The van der Waals surface area contributed by atoms with Gasteiger partial charge in [0.15, 0.2) is 0 Å². The number of hydrogen-bond donors (Lipinski definition) is 3. The van der Waals surface area contributed by atoms with E-state index < -0.39 is 18.1 Å². The van der Waals surface area contributed by atoms with E-state index in [4.69, 9.17) is 9.84 Å². The first-order valence-electron chi connectivity index (χ1n) is 11.6. The maximum atomic E-state index is 12.6. The molecule has 2 aliphatic carbocycles. The maximum Gasteiger partial charge on any atom is 0.407 e. The van der Waals surface area contributed by atoms with Crippen LogP contribution >= 0.6 is 0 Å². The van der Waals surface area contributed by atoms with Crippen LogP contribution in [0.2, 0.25) is 0 Å². The van der Waals surface area contributed by atoms with Crippen LogP contribution in [0.15, 0.2) is 48.5 Å². The fourth-order valence-electron chi connectivity index (χ4n) is 4.44. The van der Waals surface area contributed by atoms with Crippen LogP contribution in [0, 0.1) is 5.92 Å². The number of ether oxygens (including phenoxy) is 1. The second kappa shape index (κ2) is 10.5. The quantitative estimate of drug-likeness (QED) is 0.448. The van der Waals surface area contributed by atoms with Crippen LogP contribution in [0.3, 0.4) is 0 Å². The first-order chi connectivity index (χ1) is 16.0. The van der Waals surface area contributed by atoms with Gasteiger partial charge in [-0.2, -0.15) is 0 Å². The highest BCUT2D eigenvalue weighted by Gasteiger charge is 2.32. The zero-order valence-corrected chi connectivity index (χ0v) is 18.6. The Kier molecular flexibility index (Phi) is 7.27. The third-order valence-corrected chi connectivity index (χ3v) is 6.33. The van der Waals surface area contributed by atoms with Gasteiger partial charge in [-0.15, -0.1) is 0 Å². The Hall–Kier alpha value is -3.35. The van der Waals surface area contributed by atoms with Crippen LogP contribution in [-0.4, -0.2) is 42.3 Å². The Morgan fingerprint density at radius 2 is 1.61 bits per heavy atom. The van der Waals surface area contributed by atoms with Gasteiger partial charge in [-0.25, -0.2) is 4.79 Å². The second-order valence-corrected chi connectivity index (χ2v) is 8.84. The van der Waals surface area contributed by atoms with Gasteiger partial charge < -0.3 is 20.5 Å². The molecule has 2 aromatic carbocycles. The summed E-state index contributed by atoms with van der Waals surface area (Å²) in [6, 6.07) is 15.6. The zero-order valence-electron chi connectivity index (χ0n) is 18.6. The molecule has 2 amide bonds. The molecule has 1 fully saturated rings. The van der Waals surface area contributed by atoms with Gasteiger partial charge in [0.05, 0.1) is 0 Å². The van der Waals surface area contributed by atoms with Gasteiger partial charge in [-0.3, -0.25) is 9.59 Å². The van der Waals surface area contributed by atoms with E-state index in [0.29, 0.717) is 31.7 Å². The lowest BCUT2D eigenvalue weighted by Gasteiger charge is -2.19. The summed E-state index contributed by atoms with van der Waals surface area (Å²) >= 11 is 0. The number of carbonyl (C=O) groups excluding carboxylic acids is 2. The number of carbonyl (C=O) groups is 3. The lowest BCUT2D eigenvalue weighted by atomic mass is 9.98. The summed E-state index contributed by atoms with van der Waals surface area (Å²) in [6.07, 6.45) is 3.29. The number of rotatable bonds is 11. The molecule has 1 unspecified atom stereocenters. The van der Waals surface area contributed by atoms with E-state index in [1.165, 1.54) is 0 Å². The molecule has 1 atom stereocenters. The minimum Gasteiger partial charge on any atom is -0.481 e. The van der Waals surface area contributed by atoms with Crippen molar-refractivity contribution >= 4 is 18.0 Å². The molecule has 0 aromatic heterocycles. The molecule has 0 radical (unpaired) electrons. The van der Waals surface area contributed by atoms with Crippen molar-refractivity contribution in [2.75, 3.05) is 13.2 Å². The van der Waals surface area contributed by atoms with E-state index in [9.17, 15) is 14.4 Å². The Bertz CT molecular complexity index is 972. The Morgan fingerprint density at radius 1 is 0.970 bits per heavy atom. The second-order valence-electron chi connectivity index (χ2n) is 8.84. The van der Waals surface area contributed by atoms with E-state index in [1.54, 1.807) is 0 Å². The van der Waals surface area contributed by atoms with Crippen molar-refractivity contribution in [2.24, 2.45) is 5.92 Å². The number of unbranched alkanes of at least 4 members (excludes halogenated alkanes) is 1. The molecule has 33 heavy (non-hydrogen) atoms. The summed E-state index contributed by atoms with van der Waals surface area (Å²) in [5, 5.41) is 14.3. The van der Waals surface area contributed by atoms with Gasteiger partial charge in [-0.05, 0) is 47.4 Å². The molecule has 2 aliphatic rings. The molecule has 1 saturated carbocycles. The molecule has 7 heteroatoms. The lowest BCUT2D eigenvalue weighted by molar-refractivity contribution is -0.137. The molecule has 2 aromatic rings. The number of nitrogens with one attached hydrogen (secondary N) is 2. The predicted molar refractivity (Wildman–Crippen MR) is 124 cm³/mol. The number of hydrogen-bond acceptors (Lipinski definition) is 4. The molecule has 3 N–H and O–H groups in total. The summed E-state index contributed by atoms with van der Waals surface area (Å²) in [6.45, 7) is 0.590. The molecule has 0 spiro atoms. The van der Waals surface area contributed by atoms with E-state index in [0.717, 1.165) is 35.1 Å². The predicted octanol–water partition coefficient (Wildman–Crippen LogP) is 4.06. The van der Waals surface area contributed by atoms with Gasteiger partial charge in [0.25, 0.3) is 0 Å². The van der Waals surface area contributed by atoms with Crippen LogP contribution in [0.4, 0.5) is 4.79 Å². The van der Waals surface area contributed by atoms with Crippen molar-refractivity contribution in [3.05, 3.63) is 59.7 Å². The van der Waals surface area contributed by atoms with Crippen LogP contribution in [0.25, 0.3) is 11.1 Å². The number of benzene rings is 2. The van der Waals surface area contributed by atoms with Gasteiger partial charge in [-0.1, -0.05) is 61.4 Å². The summed E-state index contributed by atoms with van der Waals surface area (Å²) in [7, 11) is 0. The molecular formula is C26H30N2O5. The van der Waals surface area contributed by atoms with Crippen molar-refractivity contribution in [3.63, 3.8) is 0 Å². The summed E-state index contributed by atoms with van der Waals surface area (Å²) in [5.41, 5.74) is 4.60. The molecular weight excluding hydrogens is 420 g/mol. The number of aliphatic carboxylic acids is 1. The molecule has 7 nitrogen and oxygen atoms in total. The Morgan fingerprint density at radius 3 is 2.21 bits per heavy atom. The van der Waals surface area contributed by atoms with Crippen molar-refractivity contribution in [2.45, 2.75) is 50.5 Å². The molecule has 0 saturated heterocycles. The highest BCUT2D eigenvalue weighted by molar-refractivity contribution is 5.85.